The summed E-state index contributed by atoms with van der Waals surface area (Å²) in [6.45, 7) is 5.26. The molecule has 2 aromatic carbocycles. The molecule has 31 heavy (non-hydrogen) atoms. The molecule has 0 atom stereocenters. The highest BCUT2D eigenvalue weighted by Crippen LogP contribution is 2.22. The van der Waals surface area contributed by atoms with Crippen LogP contribution in [0.2, 0.25) is 0 Å². The van der Waals surface area contributed by atoms with E-state index in [1.54, 1.807) is 18.2 Å². The zero-order valence-electron chi connectivity index (χ0n) is 17.7. The van der Waals surface area contributed by atoms with Gasteiger partial charge in [0.15, 0.2) is 0 Å². The predicted octanol–water partition coefficient (Wildman–Crippen LogP) is 3.20. The lowest BCUT2D eigenvalue weighted by Gasteiger charge is -2.16. The Kier molecular flexibility index (Phi) is 5.93. The summed E-state index contributed by atoms with van der Waals surface area (Å²) in [6, 6.07) is 16.1. The van der Waals surface area contributed by atoms with Crippen molar-refractivity contribution in [3.05, 3.63) is 77.1 Å². The number of carbonyl (C=O) groups excluding carboxylic acids is 1. The molecule has 4 rings (SSSR count). The maximum absolute atomic E-state index is 12.8. The molecule has 1 aliphatic heterocycles. The maximum Gasteiger partial charge on any atom is 0.251 e. The molecule has 1 aromatic heterocycles. The van der Waals surface area contributed by atoms with Crippen LogP contribution in [0.3, 0.4) is 0 Å². The average Bonchev–Trinajstić information content (AvgIpc) is 3.42. The van der Waals surface area contributed by atoms with Crippen LogP contribution in [0.15, 0.2) is 59.5 Å². The molecule has 0 spiro atoms. The first-order valence-electron chi connectivity index (χ1n) is 10.4. The predicted molar refractivity (Wildman–Crippen MR) is 119 cm³/mol. The Labute approximate surface area is 182 Å². The number of nitrogens with zero attached hydrogens (tertiary/aromatic N) is 3. The fraction of sp³-hybridized carbons (Fsp3) is 0.304. The zero-order chi connectivity index (χ0) is 22.0. The van der Waals surface area contributed by atoms with E-state index in [2.05, 4.69) is 10.4 Å². The van der Waals surface area contributed by atoms with Gasteiger partial charge >= 0.3 is 0 Å². The lowest BCUT2D eigenvalue weighted by atomic mass is 10.1. The lowest BCUT2D eigenvalue weighted by Crippen LogP contribution is -2.28. The molecule has 0 aliphatic carbocycles. The Hall–Kier alpha value is -2.97. The minimum absolute atomic E-state index is 0.159. The monoisotopic (exact) mass is 438 g/mol. The number of sulfonamides is 1. The van der Waals surface area contributed by atoms with Crippen LogP contribution in [0.4, 0.5) is 0 Å². The number of benzene rings is 2. The van der Waals surface area contributed by atoms with Crippen LogP contribution in [0, 0.1) is 13.8 Å². The first kappa shape index (κ1) is 21.3. The Morgan fingerprint density at radius 1 is 1.03 bits per heavy atom. The zero-order valence-corrected chi connectivity index (χ0v) is 18.5. The smallest absolute Gasteiger partial charge is 0.251 e. The van der Waals surface area contributed by atoms with Crippen LogP contribution in [0.1, 0.15) is 40.2 Å². The molecule has 162 valence electrons. The van der Waals surface area contributed by atoms with Gasteiger partial charge in [-0.3, -0.25) is 4.79 Å². The highest BCUT2D eigenvalue weighted by Gasteiger charge is 2.27. The molecule has 7 nitrogen and oxygen atoms in total. The van der Waals surface area contributed by atoms with Crippen molar-refractivity contribution < 1.29 is 13.2 Å². The molecule has 0 saturated carbocycles. The van der Waals surface area contributed by atoms with Crippen LogP contribution in [0.5, 0.6) is 0 Å². The number of aryl methyl sites for hydroxylation is 1. The summed E-state index contributed by atoms with van der Waals surface area (Å²) < 4.78 is 28.9. The van der Waals surface area contributed by atoms with Gasteiger partial charge in [-0.25, -0.2) is 13.1 Å². The molecule has 1 saturated heterocycles. The topological polar surface area (TPSA) is 84.3 Å². The lowest BCUT2D eigenvalue weighted by molar-refractivity contribution is 0.0950. The SMILES string of the molecule is Cc1nn(-c2ccccc2)c(C)c1CNC(=O)c1cccc(S(=O)(=O)N2CCCC2)c1. The molecular formula is C23H26N4O3S. The van der Waals surface area contributed by atoms with Crippen molar-refractivity contribution in [3.8, 4) is 5.69 Å². The van der Waals surface area contributed by atoms with Gasteiger partial charge in [-0.1, -0.05) is 24.3 Å². The number of hydrogen-bond acceptors (Lipinski definition) is 4. The van der Waals surface area contributed by atoms with Gasteiger partial charge in [-0.05, 0) is 57.0 Å². The van der Waals surface area contributed by atoms with Crippen molar-refractivity contribution in [2.24, 2.45) is 0 Å². The molecule has 8 heteroatoms. The van der Waals surface area contributed by atoms with E-state index in [1.807, 2.05) is 48.9 Å². The third kappa shape index (κ3) is 4.26. The molecule has 1 amide bonds. The number of rotatable bonds is 6. The molecule has 1 N–H and O–H groups in total. The van der Waals surface area contributed by atoms with Crippen molar-refractivity contribution in [2.45, 2.75) is 38.1 Å². The second kappa shape index (κ2) is 8.64. The fourth-order valence-corrected chi connectivity index (χ4v) is 5.46. The number of aromatic nitrogens is 2. The number of carbonyl (C=O) groups is 1. The average molecular weight is 439 g/mol. The molecule has 1 aliphatic rings. The second-order valence-electron chi connectivity index (χ2n) is 7.72. The van der Waals surface area contributed by atoms with Gasteiger partial charge in [0.2, 0.25) is 10.0 Å². The van der Waals surface area contributed by atoms with E-state index in [1.165, 1.54) is 10.4 Å². The summed E-state index contributed by atoms with van der Waals surface area (Å²) in [5.74, 6) is -0.315. The van der Waals surface area contributed by atoms with Gasteiger partial charge in [0.1, 0.15) is 0 Å². The first-order chi connectivity index (χ1) is 14.9. The largest absolute Gasteiger partial charge is 0.348 e. The van der Waals surface area contributed by atoms with E-state index in [0.29, 0.717) is 25.2 Å². The van der Waals surface area contributed by atoms with E-state index in [4.69, 9.17) is 0 Å². The highest BCUT2D eigenvalue weighted by atomic mass is 32.2. The van der Waals surface area contributed by atoms with Gasteiger partial charge in [-0.15, -0.1) is 0 Å². The first-order valence-corrected chi connectivity index (χ1v) is 11.8. The molecule has 1 fully saturated rings. The van der Waals surface area contributed by atoms with Gasteiger partial charge in [0.05, 0.1) is 16.3 Å². The van der Waals surface area contributed by atoms with E-state index in [9.17, 15) is 13.2 Å². The van der Waals surface area contributed by atoms with E-state index < -0.39 is 10.0 Å². The molecule has 0 unspecified atom stereocenters. The summed E-state index contributed by atoms with van der Waals surface area (Å²) in [7, 11) is -3.56. The molecule has 2 heterocycles. The van der Waals surface area contributed by atoms with Crippen LogP contribution < -0.4 is 5.32 Å². The van der Waals surface area contributed by atoms with E-state index >= 15 is 0 Å². The van der Waals surface area contributed by atoms with Crippen LogP contribution >= 0.6 is 0 Å². The van der Waals surface area contributed by atoms with Crippen molar-refractivity contribution in [1.82, 2.24) is 19.4 Å². The number of nitrogens with one attached hydrogen (secondary N) is 1. The Bertz CT molecular complexity index is 1200. The van der Waals surface area contributed by atoms with E-state index in [0.717, 1.165) is 35.5 Å². The van der Waals surface area contributed by atoms with E-state index in [-0.39, 0.29) is 10.8 Å². The number of para-hydroxylation sites is 1. The second-order valence-corrected chi connectivity index (χ2v) is 9.66. The Balaban J connectivity index is 1.51. The molecule has 0 radical (unpaired) electrons. The Morgan fingerprint density at radius 3 is 2.45 bits per heavy atom. The summed E-state index contributed by atoms with van der Waals surface area (Å²) in [5, 5.41) is 7.51. The third-order valence-electron chi connectivity index (χ3n) is 5.67. The number of hydrogen-bond donors (Lipinski definition) is 1. The van der Waals surface area contributed by atoms with Crippen LogP contribution in [-0.2, 0) is 16.6 Å². The summed E-state index contributed by atoms with van der Waals surface area (Å²) in [4.78, 5) is 12.9. The van der Waals surface area contributed by atoms with Crippen molar-refractivity contribution in [2.75, 3.05) is 13.1 Å². The third-order valence-corrected chi connectivity index (χ3v) is 7.56. The summed E-state index contributed by atoms with van der Waals surface area (Å²) >= 11 is 0. The van der Waals surface area contributed by atoms with Crippen LogP contribution in [0.25, 0.3) is 5.69 Å². The molecule has 0 bridgehead atoms. The molecular weight excluding hydrogens is 412 g/mol. The normalized spacial score (nSPS) is 14.6. The minimum Gasteiger partial charge on any atom is -0.348 e. The quantitative estimate of drug-likeness (QED) is 0.641. The Morgan fingerprint density at radius 2 is 1.74 bits per heavy atom. The van der Waals surface area contributed by atoms with Crippen LogP contribution in [-0.4, -0.2) is 41.5 Å². The maximum atomic E-state index is 12.8. The van der Waals surface area contributed by atoms with Gasteiger partial charge in [0.25, 0.3) is 5.91 Å². The van der Waals surface area contributed by atoms with Crippen molar-refractivity contribution in [1.29, 1.82) is 0 Å². The molecule has 3 aromatic rings. The number of amides is 1. The highest BCUT2D eigenvalue weighted by molar-refractivity contribution is 7.89. The fourth-order valence-electron chi connectivity index (χ4n) is 3.90. The minimum atomic E-state index is -3.56. The summed E-state index contributed by atoms with van der Waals surface area (Å²) in [6.07, 6.45) is 1.74. The van der Waals surface area contributed by atoms with Gasteiger partial charge < -0.3 is 5.32 Å². The standard InChI is InChI=1S/C23H26N4O3S/c1-17-22(18(2)27(25-17)20-10-4-3-5-11-20)16-24-23(28)19-9-8-12-21(15-19)31(29,30)26-13-6-7-14-26/h3-5,8-12,15H,6-7,13-14,16H2,1-2H3,(H,24,28). The van der Waals surface area contributed by atoms with Crippen molar-refractivity contribution >= 4 is 15.9 Å². The van der Waals surface area contributed by atoms with Gasteiger partial charge in [-0.2, -0.15) is 9.40 Å². The summed E-state index contributed by atoms with van der Waals surface area (Å²) in [5.41, 5.74) is 4.02. The van der Waals surface area contributed by atoms with Crippen molar-refractivity contribution in [3.63, 3.8) is 0 Å². The van der Waals surface area contributed by atoms with Gasteiger partial charge in [0, 0.05) is 36.5 Å².